The van der Waals surface area contributed by atoms with Crippen LogP contribution in [-0.2, 0) is 4.79 Å². The van der Waals surface area contributed by atoms with Gasteiger partial charge in [0, 0.05) is 6.42 Å². The van der Waals surface area contributed by atoms with Gasteiger partial charge in [-0.15, -0.1) is 0 Å². The number of carbonyl (C=O) groups is 1. The molecular formula is C46H79NO3. The lowest BCUT2D eigenvalue weighted by Gasteiger charge is -2.22. The summed E-state index contributed by atoms with van der Waals surface area (Å²) >= 11 is 0. The van der Waals surface area contributed by atoms with Gasteiger partial charge >= 0.3 is 0 Å². The Balaban J connectivity index is 3.47. The number of aliphatic hydroxyl groups is 2. The van der Waals surface area contributed by atoms with E-state index in [1.807, 2.05) is 0 Å². The predicted molar refractivity (Wildman–Crippen MR) is 220 cm³/mol. The van der Waals surface area contributed by atoms with Crippen LogP contribution in [0.15, 0.2) is 85.1 Å². The molecule has 2 unspecified atom stereocenters. The minimum Gasteiger partial charge on any atom is -0.394 e. The van der Waals surface area contributed by atoms with Crippen LogP contribution in [0, 0.1) is 0 Å². The summed E-state index contributed by atoms with van der Waals surface area (Å²) in [5.74, 6) is -0.0492. The molecule has 3 N–H and O–H groups in total. The molecule has 2 atom stereocenters. The maximum Gasteiger partial charge on any atom is 0.220 e. The first-order valence-corrected chi connectivity index (χ1v) is 20.8. The normalized spacial score (nSPS) is 13.9. The van der Waals surface area contributed by atoms with Gasteiger partial charge in [-0.3, -0.25) is 4.79 Å². The highest BCUT2D eigenvalue weighted by atomic mass is 16.3. The second kappa shape index (κ2) is 41.0. The van der Waals surface area contributed by atoms with Crippen molar-refractivity contribution in [3.8, 4) is 0 Å². The summed E-state index contributed by atoms with van der Waals surface area (Å²) in [6.45, 7) is 4.08. The van der Waals surface area contributed by atoms with Crippen LogP contribution < -0.4 is 5.32 Å². The number of allylic oxidation sites excluding steroid dienone is 14. The second-order valence-electron chi connectivity index (χ2n) is 13.7. The van der Waals surface area contributed by atoms with Crippen molar-refractivity contribution in [2.75, 3.05) is 6.61 Å². The van der Waals surface area contributed by atoms with Gasteiger partial charge in [-0.05, 0) is 70.6 Å². The SMILES string of the molecule is CC/C=C\C/C=C\C/C=C\C/C=C\C/C=C\C/C=C\C/C=C\CCCCCCCCCCCCCCCC(=O)NC(CO)C(O)CCCCC. The molecule has 0 rings (SSSR count). The third-order valence-electron chi connectivity index (χ3n) is 8.92. The van der Waals surface area contributed by atoms with E-state index in [1.165, 1.54) is 77.0 Å². The van der Waals surface area contributed by atoms with Gasteiger partial charge in [0.05, 0.1) is 18.8 Å². The van der Waals surface area contributed by atoms with Crippen molar-refractivity contribution in [2.24, 2.45) is 0 Å². The van der Waals surface area contributed by atoms with Crippen LogP contribution >= 0.6 is 0 Å². The standard InChI is InChI=1S/C46H79NO3/c1-3-5-7-8-9-10-11-12-13-14-15-16-17-18-19-20-21-22-23-24-25-26-27-28-29-30-31-32-33-34-35-36-37-38-40-42-46(50)47-44(43-48)45(49)41-39-6-4-2/h5,7,9-10,12-13,15-16,18-19,21-22,24-25,44-45,48-49H,3-4,6,8,11,14,17,20,23,26-43H2,1-2H3,(H,47,50)/b7-5-,10-9-,13-12-,16-15-,19-18-,22-21-,25-24-. The molecule has 0 bridgehead atoms. The molecule has 0 heterocycles. The molecule has 0 aliphatic carbocycles. The van der Waals surface area contributed by atoms with Crippen LogP contribution in [0.3, 0.4) is 0 Å². The Morgan fingerprint density at radius 2 is 0.880 bits per heavy atom. The Bertz CT molecular complexity index is 926. The highest BCUT2D eigenvalue weighted by Gasteiger charge is 2.19. The zero-order valence-electron chi connectivity index (χ0n) is 32.6. The number of rotatable bonds is 36. The first kappa shape index (κ1) is 47.6. The molecule has 0 fully saturated rings. The Hall–Kier alpha value is -2.43. The van der Waals surface area contributed by atoms with Crippen LogP contribution in [0.4, 0.5) is 0 Å². The van der Waals surface area contributed by atoms with Gasteiger partial charge in [0.15, 0.2) is 0 Å². The number of amides is 1. The fourth-order valence-electron chi connectivity index (χ4n) is 5.75. The number of carbonyl (C=O) groups excluding carboxylic acids is 1. The largest absolute Gasteiger partial charge is 0.394 e. The Morgan fingerprint density at radius 3 is 1.28 bits per heavy atom. The second-order valence-corrected chi connectivity index (χ2v) is 13.7. The Labute approximate surface area is 310 Å². The summed E-state index contributed by atoms with van der Waals surface area (Å²) in [4.78, 5) is 12.2. The molecule has 286 valence electrons. The van der Waals surface area contributed by atoms with Crippen LogP contribution in [-0.4, -0.2) is 34.9 Å². The Morgan fingerprint density at radius 1 is 0.500 bits per heavy atom. The smallest absolute Gasteiger partial charge is 0.220 e. The average molecular weight is 694 g/mol. The molecule has 0 aromatic rings. The van der Waals surface area contributed by atoms with Crippen molar-refractivity contribution in [1.82, 2.24) is 5.32 Å². The van der Waals surface area contributed by atoms with Crippen molar-refractivity contribution >= 4 is 5.91 Å². The molecule has 0 saturated carbocycles. The number of aliphatic hydroxyl groups excluding tert-OH is 2. The molecule has 0 aromatic heterocycles. The maximum atomic E-state index is 12.2. The number of hydrogen-bond acceptors (Lipinski definition) is 3. The van der Waals surface area contributed by atoms with Crippen molar-refractivity contribution in [3.05, 3.63) is 85.1 Å². The number of nitrogens with one attached hydrogen (secondary N) is 1. The predicted octanol–water partition coefficient (Wildman–Crippen LogP) is 12.9. The van der Waals surface area contributed by atoms with Crippen molar-refractivity contribution in [1.29, 1.82) is 0 Å². The van der Waals surface area contributed by atoms with E-state index < -0.39 is 12.1 Å². The van der Waals surface area contributed by atoms with E-state index in [2.05, 4.69) is 104 Å². The first-order valence-electron chi connectivity index (χ1n) is 20.8. The van der Waals surface area contributed by atoms with Gasteiger partial charge in [-0.2, -0.15) is 0 Å². The highest BCUT2D eigenvalue weighted by molar-refractivity contribution is 5.76. The zero-order valence-corrected chi connectivity index (χ0v) is 32.6. The van der Waals surface area contributed by atoms with Crippen LogP contribution in [0.25, 0.3) is 0 Å². The van der Waals surface area contributed by atoms with Gasteiger partial charge in [-0.1, -0.05) is 189 Å². The molecule has 0 aliphatic rings. The van der Waals surface area contributed by atoms with E-state index in [0.717, 1.165) is 77.0 Å². The van der Waals surface area contributed by atoms with Gasteiger partial charge in [-0.25, -0.2) is 0 Å². The van der Waals surface area contributed by atoms with E-state index in [0.29, 0.717) is 12.8 Å². The van der Waals surface area contributed by atoms with Crippen molar-refractivity contribution in [3.63, 3.8) is 0 Å². The van der Waals surface area contributed by atoms with Crippen LogP contribution in [0.1, 0.15) is 181 Å². The lowest BCUT2D eigenvalue weighted by Crippen LogP contribution is -2.45. The molecule has 0 spiro atoms. The Kier molecular flexibility index (Phi) is 39.0. The molecular weight excluding hydrogens is 615 g/mol. The fraction of sp³-hybridized carbons (Fsp3) is 0.674. The first-order chi connectivity index (χ1) is 24.7. The topological polar surface area (TPSA) is 69.6 Å². The van der Waals surface area contributed by atoms with Crippen molar-refractivity contribution < 1.29 is 15.0 Å². The third kappa shape index (κ3) is 36.8. The minimum absolute atomic E-state index is 0.0492. The quantitative estimate of drug-likeness (QED) is 0.0452. The monoisotopic (exact) mass is 694 g/mol. The summed E-state index contributed by atoms with van der Waals surface area (Å²) in [5.41, 5.74) is 0. The zero-order chi connectivity index (χ0) is 36.4. The maximum absolute atomic E-state index is 12.2. The minimum atomic E-state index is -0.659. The lowest BCUT2D eigenvalue weighted by molar-refractivity contribution is -0.123. The van der Waals surface area contributed by atoms with E-state index in [-0.39, 0.29) is 12.5 Å². The van der Waals surface area contributed by atoms with E-state index in [4.69, 9.17) is 0 Å². The third-order valence-corrected chi connectivity index (χ3v) is 8.92. The van der Waals surface area contributed by atoms with Gasteiger partial charge in [0.25, 0.3) is 0 Å². The molecule has 0 radical (unpaired) electrons. The highest BCUT2D eigenvalue weighted by Crippen LogP contribution is 2.14. The summed E-state index contributed by atoms with van der Waals surface area (Å²) in [6, 6.07) is -0.536. The number of unbranched alkanes of at least 4 members (excludes halogenated alkanes) is 15. The average Bonchev–Trinajstić information content (AvgIpc) is 3.12. The molecule has 4 heteroatoms. The summed E-state index contributed by atoms with van der Waals surface area (Å²) in [7, 11) is 0. The molecule has 50 heavy (non-hydrogen) atoms. The van der Waals surface area contributed by atoms with E-state index in [1.54, 1.807) is 0 Å². The molecule has 1 amide bonds. The summed E-state index contributed by atoms with van der Waals surface area (Å²) < 4.78 is 0. The fourth-order valence-corrected chi connectivity index (χ4v) is 5.75. The lowest BCUT2D eigenvalue weighted by atomic mass is 10.0. The molecule has 0 aliphatic heterocycles. The van der Waals surface area contributed by atoms with Gasteiger partial charge < -0.3 is 15.5 Å². The van der Waals surface area contributed by atoms with E-state index in [9.17, 15) is 15.0 Å². The summed E-state index contributed by atoms with van der Waals surface area (Å²) in [6.07, 6.45) is 60.1. The molecule has 0 aromatic carbocycles. The number of hydrogen-bond donors (Lipinski definition) is 3. The molecule has 4 nitrogen and oxygen atoms in total. The van der Waals surface area contributed by atoms with E-state index >= 15 is 0 Å². The van der Waals surface area contributed by atoms with Crippen LogP contribution in [0.5, 0.6) is 0 Å². The van der Waals surface area contributed by atoms with Gasteiger partial charge in [0.1, 0.15) is 0 Å². The molecule has 0 saturated heterocycles. The van der Waals surface area contributed by atoms with Crippen molar-refractivity contribution in [2.45, 2.75) is 193 Å². The summed E-state index contributed by atoms with van der Waals surface area (Å²) in [5, 5.41) is 22.5. The van der Waals surface area contributed by atoms with Gasteiger partial charge in [0.2, 0.25) is 5.91 Å². The van der Waals surface area contributed by atoms with Crippen LogP contribution in [0.2, 0.25) is 0 Å².